The van der Waals surface area contributed by atoms with E-state index in [4.69, 9.17) is 11.5 Å². The fourth-order valence-corrected chi connectivity index (χ4v) is 2.03. The topological polar surface area (TPSA) is 89.3 Å². The summed E-state index contributed by atoms with van der Waals surface area (Å²) in [5.74, 6) is -1.45. The standard InChI is InChI=1S/C15H16N2O2/c16-12-6-4-11(5-7-12)14(15(18)19)9-10-2-1-3-13(17)8-10/h1-8,14H,9,16-17H2,(H,18,19)/t14-/m0/s1. The van der Waals surface area contributed by atoms with Crippen LogP contribution in [0.25, 0.3) is 0 Å². The maximum atomic E-state index is 11.4. The van der Waals surface area contributed by atoms with E-state index in [1.807, 2.05) is 12.1 Å². The first kappa shape index (κ1) is 13.0. The first-order chi connectivity index (χ1) is 9.06. The molecule has 2 aromatic rings. The van der Waals surface area contributed by atoms with Gasteiger partial charge in [0.2, 0.25) is 0 Å². The number of nitrogens with two attached hydrogens (primary N) is 2. The summed E-state index contributed by atoms with van der Waals surface area (Å²) in [6, 6.07) is 14.2. The minimum absolute atomic E-state index is 0.407. The van der Waals surface area contributed by atoms with Gasteiger partial charge in [0.1, 0.15) is 0 Å². The first-order valence-corrected chi connectivity index (χ1v) is 5.99. The van der Waals surface area contributed by atoms with Gasteiger partial charge < -0.3 is 16.6 Å². The average molecular weight is 256 g/mol. The SMILES string of the molecule is Nc1ccc([C@H](Cc2cccc(N)c2)C(=O)O)cc1. The molecule has 0 aliphatic carbocycles. The molecular weight excluding hydrogens is 240 g/mol. The lowest BCUT2D eigenvalue weighted by Crippen LogP contribution is -2.14. The summed E-state index contributed by atoms with van der Waals surface area (Å²) in [6.07, 6.45) is 0.407. The molecule has 1 atom stereocenters. The predicted molar refractivity (Wildman–Crippen MR) is 75.8 cm³/mol. The molecule has 2 aromatic carbocycles. The fourth-order valence-electron chi connectivity index (χ4n) is 2.03. The Morgan fingerprint density at radius 3 is 2.32 bits per heavy atom. The Kier molecular flexibility index (Phi) is 3.71. The largest absolute Gasteiger partial charge is 0.481 e. The minimum Gasteiger partial charge on any atom is -0.481 e. The number of benzene rings is 2. The molecule has 0 fully saturated rings. The highest BCUT2D eigenvalue weighted by molar-refractivity contribution is 5.76. The number of rotatable bonds is 4. The highest BCUT2D eigenvalue weighted by Crippen LogP contribution is 2.23. The van der Waals surface area contributed by atoms with Crippen molar-refractivity contribution < 1.29 is 9.90 Å². The Balaban J connectivity index is 2.26. The van der Waals surface area contributed by atoms with E-state index in [0.717, 1.165) is 11.1 Å². The molecular formula is C15H16N2O2. The number of anilines is 2. The van der Waals surface area contributed by atoms with Crippen LogP contribution < -0.4 is 11.5 Å². The van der Waals surface area contributed by atoms with E-state index in [1.54, 1.807) is 36.4 Å². The van der Waals surface area contributed by atoms with Gasteiger partial charge in [0.15, 0.2) is 0 Å². The molecule has 0 saturated heterocycles. The smallest absolute Gasteiger partial charge is 0.311 e. The number of carbonyl (C=O) groups is 1. The molecule has 0 unspecified atom stereocenters. The maximum Gasteiger partial charge on any atom is 0.311 e. The Labute approximate surface area is 111 Å². The number of nitrogen functional groups attached to an aromatic ring is 2. The van der Waals surface area contributed by atoms with Crippen molar-refractivity contribution in [2.45, 2.75) is 12.3 Å². The van der Waals surface area contributed by atoms with E-state index in [-0.39, 0.29) is 0 Å². The fraction of sp³-hybridized carbons (Fsp3) is 0.133. The van der Waals surface area contributed by atoms with Crippen molar-refractivity contribution >= 4 is 17.3 Å². The second-order valence-corrected chi connectivity index (χ2v) is 4.51. The van der Waals surface area contributed by atoms with Crippen LogP contribution in [0.1, 0.15) is 17.0 Å². The number of carboxylic acids is 1. The molecule has 0 aromatic heterocycles. The van der Waals surface area contributed by atoms with E-state index in [2.05, 4.69) is 0 Å². The highest BCUT2D eigenvalue weighted by Gasteiger charge is 2.20. The van der Waals surface area contributed by atoms with Gasteiger partial charge in [0, 0.05) is 11.4 Å². The summed E-state index contributed by atoms with van der Waals surface area (Å²) < 4.78 is 0. The molecule has 98 valence electrons. The van der Waals surface area contributed by atoms with Crippen molar-refractivity contribution in [1.82, 2.24) is 0 Å². The summed E-state index contributed by atoms with van der Waals surface area (Å²) in [7, 11) is 0. The number of hydrogen-bond acceptors (Lipinski definition) is 3. The monoisotopic (exact) mass is 256 g/mol. The zero-order valence-corrected chi connectivity index (χ0v) is 10.4. The molecule has 4 nitrogen and oxygen atoms in total. The summed E-state index contributed by atoms with van der Waals surface area (Å²) in [4.78, 5) is 11.4. The van der Waals surface area contributed by atoms with Crippen molar-refractivity contribution in [3.63, 3.8) is 0 Å². The van der Waals surface area contributed by atoms with E-state index in [9.17, 15) is 9.90 Å². The molecule has 0 spiro atoms. The van der Waals surface area contributed by atoms with Crippen LogP contribution in [0.2, 0.25) is 0 Å². The Bertz CT molecular complexity index is 579. The third-order valence-electron chi connectivity index (χ3n) is 3.03. The van der Waals surface area contributed by atoms with Gasteiger partial charge in [-0.1, -0.05) is 24.3 Å². The van der Waals surface area contributed by atoms with E-state index in [0.29, 0.717) is 17.8 Å². The molecule has 0 aliphatic heterocycles. The summed E-state index contributed by atoms with van der Waals surface area (Å²) >= 11 is 0. The van der Waals surface area contributed by atoms with E-state index in [1.165, 1.54) is 0 Å². The van der Waals surface area contributed by atoms with Gasteiger partial charge in [-0.3, -0.25) is 4.79 Å². The lowest BCUT2D eigenvalue weighted by molar-refractivity contribution is -0.138. The molecule has 0 aliphatic rings. The van der Waals surface area contributed by atoms with Gasteiger partial charge >= 0.3 is 5.97 Å². The predicted octanol–water partition coefficient (Wildman–Crippen LogP) is 2.26. The second kappa shape index (κ2) is 5.44. The van der Waals surface area contributed by atoms with Crippen LogP contribution in [0.3, 0.4) is 0 Å². The molecule has 0 heterocycles. The molecule has 19 heavy (non-hydrogen) atoms. The Morgan fingerprint density at radius 2 is 1.74 bits per heavy atom. The molecule has 0 amide bonds. The summed E-state index contributed by atoms with van der Waals surface area (Å²) in [5.41, 5.74) is 14.2. The second-order valence-electron chi connectivity index (χ2n) is 4.51. The van der Waals surface area contributed by atoms with Crippen molar-refractivity contribution in [1.29, 1.82) is 0 Å². The van der Waals surface area contributed by atoms with Crippen molar-refractivity contribution in [2.24, 2.45) is 0 Å². The number of carboxylic acid groups (broad SMARTS) is 1. The average Bonchev–Trinajstić information content (AvgIpc) is 2.37. The highest BCUT2D eigenvalue weighted by atomic mass is 16.4. The van der Waals surface area contributed by atoms with Gasteiger partial charge in [0.25, 0.3) is 0 Å². The van der Waals surface area contributed by atoms with Gasteiger partial charge in [0.05, 0.1) is 5.92 Å². The van der Waals surface area contributed by atoms with Crippen LogP contribution in [0.15, 0.2) is 48.5 Å². The first-order valence-electron chi connectivity index (χ1n) is 5.99. The number of aliphatic carboxylic acids is 1. The Hall–Kier alpha value is -2.49. The summed E-state index contributed by atoms with van der Waals surface area (Å²) in [6.45, 7) is 0. The third-order valence-corrected chi connectivity index (χ3v) is 3.03. The van der Waals surface area contributed by atoms with Crippen molar-refractivity contribution in [3.8, 4) is 0 Å². The quantitative estimate of drug-likeness (QED) is 0.732. The van der Waals surface area contributed by atoms with Gasteiger partial charge in [-0.25, -0.2) is 0 Å². The molecule has 0 bridgehead atoms. The van der Waals surface area contributed by atoms with Crippen molar-refractivity contribution in [3.05, 3.63) is 59.7 Å². The lowest BCUT2D eigenvalue weighted by atomic mass is 9.92. The number of hydrogen-bond donors (Lipinski definition) is 3. The third kappa shape index (κ3) is 3.25. The van der Waals surface area contributed by atoms with Crippen LogP contribution in [-0.2, 0) is 11.2 Å². The van der Waals surface area contributed by atoms with Crippen LogP contribution in [0.5, 0.6) is 0 Å². The molecule has 2 rings (SSSR count). The van der Waals surface area contributed by atoms with Gasteiger partial charge in [-0.2, -0.15) is 0 Å². The molecule has 0 radical (unpaired) electrons. The Morgan fingerprint density at radius 1 is 1.05 bits per heavy atom. The van der Waals surface area contributed by atoms with Crippen LogP contribution in [0, 0.1) is 0 Å². The molecule has 5 N–H and O–H groups in total. The van der Waals surface area contributed by atoms with Gasteiger partial charge in [-0.05, 0) is 41.8 Å². The zero-order valence-electron chi connectivity index (χ0n) is 10.4. The zero-order chi connectivity index (χ0) is 13.8. The molecule has 4 heteroatoms. The van der Waals surface area contributed by atoms with Crippen molar-refractivity contribution in [2.75, 3.05) is 11.5 Å². The van der Waals surface area contributed by atoms with Crippen LogP contribution in [0.4, 0.5) is 11.4 Å². The normalized spacial score (nSPS) is 12.0. The van der Waals surface area contributed by atoms with Crippen LogP contribution >= 0.6 is 0 Å². The van der Waals surface area contributed by atoms with E-state index < -0.39 is 11.9 Å². The lowest BCUT2D eigenvalue weighted by Gasteiger charge is -2.13. The summed E-state index contributed by atoms with van der Waals surface area (Å²) in [5, 5.41) is 9.36. The van der Waals surface area contributed by atoms with E-state index >= 15 is 0 Å². The minimum atomic E-state index is -0.854. The maximum absolute atomic E-state index is 11.4. The van der Waals surface area contributed by atoms with Gasteiger partial charge in [-0.15, -0.1) is 0 Å². The van der Waals surface area contributed by atoms with Crippen LogP contribution in [-0.4, -0.2) is 11.1 Å². The molecule has 0 saturated carbocycles.